The normalized spacial score (nSPS) is 10.1. The number of hydrogen-bond donors (Lipinski definition) is 1. The smallest absolute Gasteiger partial charge is 0.319 e. The molecule has 0 fully saturated rings. The largest absolute Gasteiger partial charge is 0.479 e. The first-order valence-corrected chi connectivity index (χ1v) is 6.38. The topological polar surface area (TPSA) is 73.3 Å². The Kier molecular flexibility index (Phi) is 4.37. The summed E-state index contributed by atoms with van der Waals surface area (Å²) in [6.07, 6.45) is 1.45. The average molecular weight is 287 g/mol. The number of carbonyl (C=O) groups excluding carboxylic acids is 1. The lowest BCUT2D eigenvalue weighted by molar-refractivity contribution is 0.102. The van der Waals surface area contributed by atoms with Crippen LogP contribution in [0.4, 0.5) is 5.69 Å². The number of carbonyl (C=O) groups is 1. The Labute approximate surface area is 123 Å². The van der Waals surface area contributed by atoms with Gasteiger partial charge in [0.25, 0.3) is 5.91 Å². The number of amides is 1. The number of rotatable bonds is 4. The molecule has 6 heteroatoms. The second-order valence-electron chi connectivity index (χ2n) is 4.55. The van der Waals surface area contributed by atoms with Crippen molar-refractivity contribution >= 4 is 11.6 Å². The molecule has 2 aromatic rings. The van der Waals surface area contributed by atoms with Crippen molar-refractivity contribution in [2.45, 2.75) is 13.8 Å². The Morgan fingerprint density at radius 2 is 1.95 bits per heavy atom. The van der Waals surface area contributed by atoms with Crippen LogP contribution in [0.5, 0.6) is 11.9 Å². The van der Waals surface area contributed by atoms with E-state index in [0.29, 0.717) is 11.3 Å². The van der Waals surface area contributed by atoms with Crippen molar-refractivity contribution in [3.8, 4) is 11.9 Å². The van der Waals surface area contributed by atoms with Crippen molar-refractivity contribution in [1.29, 1.82) is 0 Å². The molecule has 0 aliphatic carbocycles. The molecular weight excluding hydrogens is 270 g/mol. The van der Waals surface area contributed by atoms with Crippen molar-refractivity contribution in [2.75, 3.05) is 19.5 Å². The second kappa shape index (κ2) is 6.21. The minimum absolute atomic E-state index is 0.177. The quantitative estimate of drug-likeness (QED) is 0.934. The molecule has 0 unspecified atom stereocenters. The molecule has 0 radical (unpaired) electrons. The van der Waals surface area contributed by atoms with Gasteiger partial charge >= 0.3 is 6.01 Å². The minimum Gasteiger partial charge on any atom is -0.479 e. The highest BCUT2D eigenvalue weighted by Crippen LogP contribution is 2.23. The Hall–Kier alpha value is -2.63. The Morgan fingerprint density at radius 1 is 1.19 bits per heavy atom. The maximum atomic E-state index is 12.4. The van der Waals surface area contributed by atoms with Crippen LogP contribution >= 0.6 is 0 Å². The van der Waals surface area contributed by atoms with Crippen LogP contribution in [-0.4, -0.2) is 30.1 Å². The summed E-state index contributed by atoms with van der Waals surface area (Å²) in [4.78, 5) is 20.3. The molecule has 1 heterocycles. The van der Waals surface area contributed by atoms with Crippen LogP contribution in [0.3, 0.4) is 0 Å². The summed E-state index contributed by atoms with van der Waals surface area (Å²) in [5.41, 5.74) is 2.91. The minimum atomic E-state index is -0.233. The number of ether oxygens (including phenoxy) is 2. The molecular formula is C15H17N3O3. The number of aryl methyl sites for hydroxylation is 2. The molecule has 0 saturated heterocycles. The van der Waals surface area contributed by atoms with Crippen molar-refractivity contribution in [3.05, 3.63) is 41.1 Å². The maximum Gasteiger partial charge on any atom is 0.319 e. The van der Waals surface area contributed by atoms with Gasteiger partial charge < -0.3 is 14.8 Å². The monoisotopic (exact) mass is 287 g/mol. The van der Waals surface area contributed by atoms with Crippen molar-refractivity contribution in [2.24, 2.45) is 0 Å². The van der Waals surface area contributed by atoms with E-state index in [1.807, 2.05) is 32.0 Å². The van der Waals surface area contributed by atoms with Crippen LogP contribution in [-0.2, 0) is 0 Å². The van der Waals surface area contributed by atoms with Gasteiger partial charge in [0.05, 0.1) is 20.4 Å². The number of nitrogens with one attached hydrogen (secondary N) is 1. The van der Waals surface area contributed by atoms with E-state index in [2.05, 4.69) is 15.3 Å². The Bertz CT molecular complexity index is 671. The molecule has 6 nitrogen and oxygen atoms in total. The summed E-state index contributed by atoms with van der Waals surface area (Å²) in [6, 6.07) is 5.88. The van der Waals surface area contributed by atoms with Crippen LogP contribution in [0.1, 0.15) is 21.5 Å². The Morgan fingerprint density at radius 3 is 2.62 bits per heavy atom. The zero-order chi connectivity index (χ0) is 15.4. The summed E-state index contributed by atoms with van der Waals surface area (Å²) in [7, 11) is 2.93. The van der Waals surface area contributed by atoms with E-state index in [-0.39, 0.29) is 17.8 Å². The van der Waals surface area contributed by atoms with Crippen LogP contribution in [0.2, 0.25) is 0 Å². The van der Waals surface area contributed by atoms with E-state index in [0.717, 1.165) is 11.1 Å². The van der Waals surface area contributed by atoms with Gasteiger partial charge in [-0.3, -0.25) is 4.79 Å². The van der Waals surface area contributed by atoms with Crippen LogP contribution < -0.4 is 14.8 Å². The van der Waals surface area contributed by atoms with Crippen molar-refractivity contribution < 1.29 is 14.3 Å². The van der Waals surface area contributed by atoms with Gasteiger partial charge in [0.1, 0.15) is 5.69 Å². The number of anilines is 1. The van der Waals surface area contributed by atoms with Crippen LogP contribution in [0.15, 0.2) is 24.4 Å². The van der Waals surface area contributed by atoms with Gasteiger partial charge in [-0.2, -0.15) is 4.98 Å². The first-order chi connectivity index (χ1) is 10.0. The second-order valence-corrected chi connectivity index (χ2v) is 4.55. The summed E-state index contributed by atoms with van der Waals surface area (Å²) >= 11 is 0. The third-order valence-electron chi connectivity index (χ3n) is 2.99. The first-order valence-electron chi connectivity index (χ1n) is 6.38. The lowest BCUT2D eigenvalue weighted by Gasteiger charge is -2.11. The first kappa shape index (κ1) is 14.8. The van der Waals surface area contributed by atoms with Gasteiger partial charge in [-0.25, -0.2) is 4.98 Å². The zero-order valence-electron chi connectivity index (χ0n) is 12.4. The molecule has 0 aliphatic heterocycles. The van der Waals surface area contributed by atoms with Gasteiger partial charge in [0.15, 0.2) is 0 Å². The number of methoxy groups -OCH3 is 2. The van der Waals surface area contributed by atoms with Crippen molar-refractivity contribution in [1.82, 2.24) is 9.97 Å². The molecule has 1 aromatic heterocycles. The molecule has 0 saturated carbocycles. The predicted molar refractivity (Wildman–Crippen MR) is 79.0 cm³/mol. The Balaban J connectivity index is 2.29. The zero-order valence-corrected chi connectivity index (χ0v) is 12.4. The highest BCUT2D eigenvalue weighted by molar-refractivity contribution is 6.05. The molecule has 0 aliphatic rings. The molecule has 1 amide bonds. The third-order valence-corrected chi connectivity index (χ3v) is 2.99. The van der Waals surface area contributed by atoms with E-state index < -0.39 is 0 Å². The van der Waals surface area contributed by atoms with E-state index >= 15 is 0 Å². The van der Waals surface area contributed by atoms with Crippen molar-refractivity contribution in [3.63, 3.8) is 0 Å². The number of benzene rings is 1. The van der Waals surface area contributed by atoms with E-state index in [4.69, 9.17) is 9.47 Å². The average Bonchev–Trinajstić information content (AvgIpc) is 2.49. The maximum absolute atomic E-state index is 12.4. The molecule has 0 spiro atoms. The molecule has 1 N–H and O–H groups in total. The van der Waals surface area contributed by atoms with E-state index in [1.165, 1.54) is 20.4 Å². The summed E-state index contributed by atoms with van der Waals surface area (Å²) in [6.45, 7) is 3.82. The fourth-order valence-corrected chi connectivity index (χ4v) is 1.86. The van der Waals surface area contributed by atoms with E-state index in [9.17, 15) is 4.79 Å². The highest BCUT2D eigenvalue weighted by Gasteiger charge is 2.14. The van der Waals surface area contributed by atoms with Crippen LogP contribution in [0.25, 0.3) is 0 Å². The SMILES string of the molecule is COc1ncc(NC(=O)c2cc(C)ccc2C)c(OC)n1. The summed E-state index contributed by atoms with van der Waals surface area (Å²) < 4.78 is 10.1. The van der Waals surface area contributed by atoms with Gasteiger partial charge in [0.2, 0.25) is 5.88 Å². The molecule has 110 valence electrons. The summed E-state index contributed by atoms with van der Waals surface area (Å²) in [5, 5.41) is 2.75. The molecule has 2 rings (SSSR count). The van der Waals surface area contributed by atoms with E-state index in [1.54, 1.807) is 0 Å². The standard InChI is InChI=1S/C15H17N3O3/c1-9-5-6-10(2)11(7-9)13(19)17-12-8-16-15(21-4)18-14(12)20-3/h5-8H,1-4H3,(H,17,19). The molecule has 1 aromatic carbocycles. The number of aromatic nitrogens is 2. The highest BCUT2D eigenvalue weighted by atomic mass is 16.5. The van der Waals surface area contributed by atoms with Gasteiger partial charge in [-0.05, 0) is 25.5 Å². The summed E-state index contributed by atoms with van der Waals surface area (Å²) in [5.74, 6) is 0.0174. The van der Waals surface area contributed by atoms with Gasteiger partial charge in [-0.15, -0.1) is 0 Å². The third kappa shape index (κ3) is 3.28. The molecule has 0 atom stereocenters. The van der Waals surface area contributed by atoms with Gasteiger partial charge in [0, 0.05) is 5.56 Å². The predicted octanol–water partition coefficient (Wildman–Crippen LogP) is 2.36. The van der Waals surface area contributed by atoms with Crippen LogP contribution in [0, 0.1) is 13.8 Å². The number of hydrogen-bond acceptors (Lipinski definition) is 5. The van der Waals surface area contributed by atoms with Gasteiger partial charge in [-0.1, -0.05) is 17.7 Å². The molecule has 0 bridgehead atoms. The lowest BCUT2D eigenvalue weighted by Crippen LogP contribution is -2.15. The lowest BCUT2D eigenvalue weighted by atomic mass is 10.1. The molecule has 21 heavy (non-hydrogen) atoms. The fraction of sp³-hybridized carbons (Fsp3) is 0.267. The number of nitrogens with zero attached hydrogens (tertiary/aromatic N) is 2. The fourth-order valence-electron chi connectivity index (χ4n) is 1.86.